The van der Waals surface area contributed by atoms with E-state index in [2.05, 4.69) is 20.7 Å². The largest absolute Gasteiger partial charge is 0.416 e. The number of rotatable bonds is 5. The maximum absolute atomic E-state index is 13.2. The number of piperidine rings is 1. The van der Waals surface area contributed by atoms with Crippen LogP contribution in [0.15, 0.2) is 46.3 Å². The minimum Gasteiger partial charge on any atom is -0.324 e. The first-order valence-electron chi connectivity index (χ1n) is 10.9. The van der Waals surface area contributed by atoms with Gasteiger partial charge in [-0.1, -0.05) is 13.0 Å². The van der Waals surface area contributed by atoms with Crippen molar-refractivity contribution in [2.45, 2.75) is 30.8 Å². The summed E-state index contributed by atoms with van der Waals surface area (Å²) in [6.45, 7) is 2.78. The molecule has 1 amide bonds. The van der Waals surface area contributed by atoms with Crippen molar-refractivity contribution >= 4 is 32.2 Å². The predicted octanol–water partition coefficient (Wildman–Crippen LogP) is 2.53. The molecule has 35 heavy (non-hydrogen) atoms. The lowest BCUT2D eigenvalue weighted by Gasteiger charge is -2.22. The van der Waals surface area contributed by atoms with Crippen molar-refractivity contribution in [1.82, 2.24) is 20.1 Å². The number of alkyl halides is 3. The highest BCUT2D eigenvalue weighted by molar-refractivity contribution is 7.91. The molecular formula is C22H22F3N5O4S. The Morgan fingerprint density at radius 2 is 1.91 bits per heavy atom. The van der Waals surface area contributed by atoms with Crippen molar-refractivity contribution in [3.05, 3.63) is 52.6 Å². The number of nitrogens with one attached hydrogen (secondary N) is 2. The first-order valence-corrected chi connectivity index (χ1v) is 12.5. The molecule has 1 aromatic carbocycles. The fourth-order valence-electron chi connectivity index (χ4n) is 3.85. The van der Waals surface area contributed by atoms with Crippen LogP contribution in [0.25, 0.3) is 16.6 Å². The van der Waals surface area contributed by atoms with Crippen molar-refractivity contribution in [3.8, 4) is 5.82 Å². The summed E-state index contributed by atoms with van der Waals surface area (Å²) in [5.74, 6) is -1.22. The number of hydrogen-bond acceptors (Lipinski definition) is 7. The second-order valence-electron chi connectivity index (χ2n) is 8.12. The first kappa shape index (κ1) is 24.8. The fraction of sp³-hybridized carbons (Fsp3) is 0.364. The van der Waals surface area contributed by atoms with Crippen molar-refractivity contribution in [1.29, 1.82) is 0 Å². The van der Waals surface area contributed by atoms with Gasteiger partial charge in [-0.3, -0.25) is 9.59 Å². The molecule has 0 aliphatic carbocycles. The number of anilines is 1. The van der Waals surface area contributed by atoms with Gasteiger partial charge in [0.25, 0.3) is 5.56 Å². The number of sulfone groups is 1. The molecule has 1 aliphatic rings. The van der Waals surface area contributed by atoms with Gasteiger partial charge in [-0.25, -0.2) is 13.4 Å². The molecular weight excluding hydrogens is 487 g/mol. The van der Waals surface area contributed by atoms with Crippen LogP contribution >= 0.6 is 0 Å². The summed E-state index contributed by atoms with van der Waals surface area (Å²) in [6, 6.07) is 3.83. The van der Waals surface area contributed by atoms with Gasteiger partial charge in [-0.15, -0.1) is 0 Å². The summed E-state index contributed by atoms with van der Waals surface area (Å²) in [5.41, 5.74) is -1.86. The van der Waals surface area contributed by atoms with Gasteiger partial charge in [0, 0.05) is 11.3 Å². The molecule has 1 fully saturated rings. The highest BCUT2D eigenvalue weighted by Crippen LogP contribution is 2.31. The molecule has 3 aromatic rings. The number of fused-ring (bicyclic) bond motifs is 1. The predicted molar refractivity (Wildman–Crippen MR) is 122 cm³/mol. The number of carbonyl (C=O) groups excluding carboxylic acids is 1. The number of pyridine rings is 1. The molecule has 4 rings (SSSR count). The molecule has 0 bridgehead atoms. The van der Waals surface area contributed by atoms with Gasteiger partial charge in [0.1, 0.15) is 4.90 Å². The fourth-order valence-corrected chi connectivity index (χ4v) is 4.88. The average Bonchev–Trinajstić information content (AvgIpc) is 2.84. The minimum atomic E-state index is -4.67. The summed E-state index contributed by atoms with van der Waals surface area (Å²) < 4.78 is 65.8. The van der Waals surface area contributed by atoms with Gasteiger partial charge >= 0.3 is 6.18 Å². The topological polar surface area (TPSA) is 123 Å². The number of aromatic nitrogens is 3. The molecule has 13 heteroatoms. The zero-order chi connectivity index (χ0) is 25.4. The van der Waals surface area contributed by atoms with Gasteiger partial charge in [0.2, 0.25) is 5.91 Å². The molecule has 0 radical (unpaired) electrons. The minimum absolute atomic E-state index is 0.123. The molecule has 2 N–H and O–H groups in total. The monoisotopic (exact) mass is 509 g/mol. The normalized spacial score (nSPS) is 15.3. The van der Waals surface area contributed by atoms with E-state index in [-0.39, 0.29) is 44.8 Å². The van der Waals surface area contributed by atoms with Gasteiger partial charge < -0.3 is 10.6 Å². The van der Waals surface area contributed by atoms with Crippen LogP contribution in [0.2, 0.25) is 0 Å². The van der Waals surface area contributed by atoms with Crippen LogP contribution in [0.3, 0.4) is 0 Å². The maximum atomic E-state index is 13.2. The van der Waals surface area contributed by atoms with E-state index in [4.69, 9.17) is 0 Å². The van der Waals surface area contributed by atoms with E-state index < -0.39 is 27.1 Å². The van der Waals surface area contributed by atoms with E-state index in [9.17, 15) is 31.2 Å². The molecule has 0 atom stereocenters. The Morgan fingerprint density at radius 1 is 1.20 bits per heavy atom. The van der Waals surface area contributed by atoms with Crippen LogP contribution in [0.5, 0.6) is 0 Å². The van der Waals surface area contributed by atoms with E-state index in [1.54, 1.807) is 0 Å². The number of amides is 1. The van der Waals surface area contributed by atoms with E-state index in [0.717, 1.165) is 18.3 Å². The number of carbonyl (C=O) groups is 1. The number of hydrogen-bond donors (Lipinski definition) is 2. The zero-order valence-corrected chi connectivity index (χ0v) is 19.4. The molecule has 3 heterocycles. The van der Waals surface area contributed by atoms with E-state index in [1.165, 1.54) is 19.2 Å². The summed E-state index contributed by atoms with van der Waals surface area (Å²) in [5, 5.41) is 9.63. The number of nitrogens with zero attached hydrogens (tertiary/aromatic N) is 3. The lowest BCUT2D eigenvalue weighted by atomic mass is 9.97. The Hall–Kier alpha value is -3.32. The number of halogens is 3. The highest BCUT2D eigenvalue weighted by atomic mass is 32.2. The summed E-state index contributed by atoms with van der Waals surface area (Å²) in [4.78, 5) is 29.4. The van der Waals surface area contributed by atoms with Gasteiger partial charge in [-0.05, 0) is 44.1 Å². The lowest BCUT2D eigenvalue weighted by molar-refractivity contribution is -0.137. The van der Waals surface area contributed by atoms with Crippen LogP contribution in [-0.2, 0) is 20.8 Å². The average molecular weight is 510 g/mol. The molecule has 0 spiro atoms. The van der Waals surface area contributed by atoms with Crippen LogP contribution < -0.4 is 16.2 Å². The zero-order valence-electron chi connectivity index (χ0n) is 18.6. The molecule has 0 saturated carbocycles. The third kappa shape index (κ3) is 5.05. The lowest BCUT2D eigenvalue weighted by Crippen LogP contribution is -2.34. The van der Waals surface area contributed by atoms with Crippen LogP contribution in [-0.4, -0.2) is 47.9 Å². The van der Waals surface area contributed by atoms with Gasteiger partial charge in [0.15, 0.2) is 15.7 Å². The summed E-state index contributed by atoms with van der Waals surface area (Å²) >= 11 is 0. The van der Waals surface area contributed by atoms with Crippen molar-refractivity contribution in [3.63, 3.8) is 0 Å². The smallest absolute Gasteiger partial charge is 0.324 e. The summed E-state index contributed by atoms with van der Waals surface area (Å²) in [7, 11) is -3.97. The van der Waals surface area contributed by atoms with Crippen molar-refractivity contribution in [2.24, 2.45) is 5.92 Å². The molecule has 9 nitrogen and oxygen atoms in total. The van der Waals surface area contributed by atoms with Crippen molar-refractivity contribution in [2.75, 3.05) is 24.2 Å². The second kappa shape index (κ2) is 9.38. The Balaban J connectivity index is 1.81. The SMILES string of the molecule is CCS(=O)(=O)c1cc(NC(=O)C2CCNCC2)cnc1-n1ncc2ccc(C(F)(F)F)cc2c1=O. The Kier molecular flexibility index (Phi) is 6.64. The van der Waals surface area contributed by atoms with E-state index in [0.29, 0.717) is 36.7 Å². The summed E-state index contributed by atoms with van der Waals surface area (Å²) in [6.07, 6.45) is -1.05. The second-order valence-corrected chi connectivity index (χ2v) is 10.4. The van der Waals surface area contributed by atoms with E-state index in [1.807, 2.05) is 0 Å². The standard InChI is InChI=1S/C22H22F3N5O4S/c1-2-35(33,34)18-10-16(29-20(31)13-5-7-26-8-6-13)12-27-19(18)30-21(32)17-9-15(22(23,24)25)4-3-14(17)11-28-30/h3-4,9-13,26H,2,5-8H2,1H3,(H,29,31). The highest BCUT2D eigenvalue weighted by Gasteiger charge is 2.31. The molecule has 1 saturated heterocycles. The van der Waals surface area contributed by atoms with Gasteiger partial charge in [-0.2, -0.15) is 23.0 Å². The molecule has 1 aliphatic heterocycles. The quantitative estimate of drug-likeness (QED) is 0.542. The van der Waals surface area contributed by atoms with E-state index >= 15 is 0 Å². The Labute approximate surface area is 198 Å². The maximum Gasteiger partial charge on any atom is 0.416 e. The first-order chi connectivity index (χ1) is 16.5. The Morgan fingerprint density at radius 3 is 2.57 bits per heavy atom. The van der Waals surface area contributed by atoms with Crippen LogP contribution in [0.4, 0.5) is 18.9 Å². The third-order valence-electron chi connectivity index (χ3n) is 5.84. The van der Waals surface area contributed by atoms with Crippen molar-refractivity contribution < 1.29 is 26.4 Å². The van der Waals surface area contributed by atoms with Crippen LogP contribution in [0, 0.1) is 5.92 Å². The third-order valence-corrected chi connectivity index (χ3v) is 7.57. The van der Waals surface area contributed by atoms with Crippen LogP contribution in [0.1, 0.15) is 25.3 Å². The Bertz CT molecular complexity index is 1450. The molecule has 186 valence electrons. The van der Waals surface area contributed by atoms with Gasteiger partial charge in [0.05, 0.1) is 34.8 Å². The molecule has 0 unspecified atom stereocenters. The number of benzene rings is 1. The molecule has 2 aromatic heterocycles.